The number of aromatic nitrogens is 6. The molecule has 2 aliphatic carbocycles. The Bertz CT molecular complexity index is 2840. The molecule has 6 aromatic rings. The van der Waals surface area contributed by atoms with Gasteiger partial charge < -0.3 is 24.8 Å². The van der Waals surface area contributed by atoms with Crippen LogP contribution in [0.15, 0.2) is 72.8 Å². The van der Waals surface area contributed by atoms with E-state index in [2.05, 4.69) is 35.7 Å². The van der Waals surface area contributed by atoms with Crippen LogP contribution in [0.4, 0.5) is 8.78 Å². The molecule has 67 heavy (non-hydrogen) atoms. The second-order valence-electron chi connectivity index (χ2n) is 16.8. The largest absolute Gasteiger partial charge is 0.478 e. The molecule has 4 aromatic carbocycles. The number of carboxylic acid groups (broad SMARTS) is 1. The lowest BCUT2D eigenvalue weighted by atomic mass is 9.86. The zero-order valence-electron chi connectivity index (χ0n) is 36.6. The molecule has 1 amide bonds. The van der Waals surface area contributed by atoms with Crippen LogP contribution in [0.25, 0.3) is 22.8 Å². The Morgan fingerprint density at radius 1 is 0.716 bits per heavy atom. The van der Waals surface area contributed by atoms with Crippen molar-refractivity contribution in [2.75, 3.05) is 40.4 Å². The number of hydrogen-bond acceptors (Lipinski definition) is 11. The van der Waals surface area contributed by atoms with Crippen LogP contribution >= 0.6 is 12.4 Å². The molecule has 2 aliphatic heterocycles. The summed E-state index contributed by atoms with van der Waals surface area (Å²) in [4.78, 5) is 34.6. The van der Waals surface area contributed by atoms with Crippen molar-refractivity contribution < 1.29 is 33.0 Å². The number of benzene rings is 4. The number of amides is 1. The van der Waals surface area contributed by atoms with Crippen molar-refractivity contribution in [3.05, 3.63) is 128 Å². The molecule has 2 saturated heterocycles. The SMILES string of the molecule is C.COc1n[nH]c(-c2cc(C(=O)N3CC(F)(c4ccc(C#N)cc4)C3)c(C)cc2C2CC2)n1.COc1n[nH]c(-c2cc(C(=O)O)c(C)cc2C2CC2)n1.Cl.N#Cc1ccc(C2(F)CNC2)cc1. The van der Waals surface area contributed by atoms with Crippen molar-refractivity contribution in [3.8, 4) is 46.9 Å². The summed E-state index contributed by atoms with van der Waals surface area (Å²) in [6.07, 6.45) is 4.46. The summed E-state index contributed by atoms with van der Waals surface area (Å²) in [7, 11) is 2.99. The summed E-state index contributed by atoms with van der Waals surface area (Å²) in [5.74, 6) is 0.896. The molecule has 348 valence electrons. The fourth-order valence-corrected chi connectivity index (χ4v) is 8.00. The first kappa shape index (κ1) is 49.2. The molecule has 0 atom stereocenters. The van der Waals surface area contributed by atoms with Crippen LogP contribution in [0.2, 0.25) is 0 Å². The number of rotatable bonds is 10. The second kappa shape index (κ2) is 20.1. The van der Waals surface area contributed by atoms with Gasteiger partial charge in [0.15, 0.2) is 23.0 Å². The van der Waals surface area contributed by atoms with Gasteiger partial charge in [0.25, 0.3) is 5.91 Å². The molecule has 4 N–H and O–H groups in total. The number of aromatic amines is 2. The number of nitrogens with one attached hydrogen (secondary N) is 3. The van der Waals surface area contributed by atoms with E-state index in [0.717, 1.165) is 59.1 Å². The Hall–Kier alpha value is -7.21. The monoisotopic (exact) mass is 932 g/mol. The van der Waals surface area contributed by atoms with Crippen LogP contribution in [-0.2, 0) is 11.3 Å². The highest BCUT2D eigenvalue weighted by molar-refractivity contribution is 5.98. The summed E-state index contributed by atoms with van der Waals surface area (Å²) >= 11 is 0. The van der Waals surface area contributed by atoms with E-state index >= 15 is 4.39 Å². The molecule has 0 radical (unpaired) electrons. The number of hydrogen-bond donors (Lipinski definition) is 4. The van der Waals surface area contributed by atoms with Gasteiger partial charge in [-0.1, -0.05) is 43.8 Å². The van der Waals surface area contributed by atoms with Crippen molar-refractivity contribution in [1.29, 1.82) is 10.5 Å². The Kier molecular flexibility index (Phi) is 14.8. The van der Waals surface area contributed by atoms with Crippen molar-refractivity contribution >= 4 is 24.3 Å². The minimum absolute atomic E-state index is 0. The number of aromatic carboxylic acids is 1. The number of likely N-dealkylation sites (tertiary alicyclic amines) is 1. The number of nitriles is 2. The van der Waals surface area contributed by atoms with Crippen molar-refractivity contribution in [3.63, 3.8) is 0 Å². The molecule has 18 heteroatoms. The maximum Gasteiger partial charge on any atom is 0.335 e. The summed E-state index contributed by atoms with van der Waals surface area (Å²) in [6.45, 7) is 4.44. The van der Waals surface area contributed by atoms with E-state index in [1.807, 2.05) is 44.2 Å². The molecule has 15 nitrogen and oxygen atoms in total. The highest BCUT2D eigenvalue weighted by Gasteiger charge is 2.48. The van der Waals surface area contributed by atoms with E-state index in [0.29, 0.717) is 70.0 Å². The van der Waals surface area contributed by atoms with Gasteiger partial charge in [0.2, 0.25) is 0 Å². The maximum atomic E-state index is 15.4. The number of halogens is 3. The summed E-state index contributed by atoms with van der Waals surface area (Å²) in [6, 6.07) is 25.1. The lowest BCUT2D eigenvalue weighted by Gasteiger charge is -2.45. The number of methoxy groups -OCH3 is 2. The van der Waals surface area contributed by atoms with E-state index in [9.17, 15) is 19.1 Å². The zero-order valence-corrected chi connectivity index (χ0v) is 37.4. The molecule has 10 rings (SSSR count). The van der Waals surface area contributed by atoms with Crippen LogP contribution in [-0.4, -0.2) is 92.6 Å². The van der Waals surface area contributed by atoms with E-state index in [-0.39, 0.29) is 50.9 Å². The summed E-state index contributed by atoms with van der Waals surface area (Å²) in [5, 5.41) is 43.3. The highest BCUT2D eigenvalue weighted by Crippen LogP contribution is 2.46. The van der Waals surface area contributed by atoms with Gasteiger partial charge in [0, 0.05) is 29.8 Å². The van der Waals surface area contributed by atoms with Crippen LogP contribution in [0.3, 0.4) is 0 Å². The van der Waals surface area contributed by atoms with Gasteiger partial charge in [-0.3, -0.25) is 15.0 Å². The van der Waals surface area contributed by atoms with Gasteiger partial charge in [0.05, 0.1) is 56.1 Å². The minimum Gasteiger partial charge on any atom is -0.478 e. The number of ether oxygens (including phenoxy) is 2. The Balaban J connectivity index is 0.000000181. The van der Waals surface area contributed by atoms with Gasteiger partial charge in [-0.15, -0.1) is 22.6 Å². The number of alkyl halides is 2. The molecule has 2 aromatic heterocycles. The first-order valence-electron chi connectivity index (χ1n) is 21.1. The number of aryl methyl sites for hydroxylation is 2. The molecule has 2 saturated carbocycles. The van der Waals surface area contributed by atoms with Gasteiger partial charge in [-0.25, -0.2) is 13.6 Å². The molecular weight excluding hydrogens is 882 g/mol. The average molecular weight is 933 g/mol. The number of carboxylic acids is 1. The first-order chi connectivity index (χ1) is 31.3. The second-order valence-corrected chi connectivity index (χ2v) is 16.8. The Morgan fingerprint density at radius 3 is 1.49 bits per heavy atom. The van der Waals surface area contributed by atoms with E-state index in [4.69, 9.17) is 20.0 Å². The van der Waals surface area contributed by atoms with Crippen LogP contribution < -0.4 is 14.8 Å². The third-order valence-corrected chi connectivity index (χ3v) is 12.1. The third-order valence-electron chi connectivity index (χ3n) is 12.1. The number of carbonyl (C=O) groups is 2. The van der Waals surface area contributed by atoms with Gasteiger partial charge in [0.1, 0.15) is 0 Å². The van der Waals surface area contributed by atoms with E-state index in [1.54, 1.807) is 54.6 Å². The van der Waals surface area contributed by atoms with Crippen molar-refractivity contribution in [2.45, 2.75) is 70.1 Å². The predicted octanol–water partition coefficient (Wildman–Crippen LogP) is 8.61. The quantitative estimate of drug-likeness (QED) is 0.102. The number of carbonyl (C=O) groups excluding carboxylic acids is 1. The number of nitrogens with zero attached hydrogens (tertiary/aromatic N) is 7. The first-order valence-corrected chi connectivity index (χ1v) is 21.1. The minimum atomic E-state index is -1.60. The lowest BCUT2D eigenvalue weighted by Crippen LogP contribution is -2.58. The van der Waals surface area contributed by atoms with Crippen molar-refractivity contribution in [2.24, 2.45) is 0 Å². The number of H-pyrrole nitrogens is 2. The Morgan fingerprint density at radius 2 is 1.13 bits per heavy atom. The van der Waals surface area contributed by atoms with Crippen molar-refractivity contribution in [1.82, 2.24) is 40.6 Å². The third kappa shape index (κ3) is 10.4. The van der Waals surface area contributed by atoms with Gasteiger partial charge in [-0.2, -0.15) is 20.5 Å². The molecule has 4 aliphatic rings. The normalized spacial score (nSPS) is 16.0. The summed E-state index contributed by atoms with van der Waals surface area (Å²) in [5.41, 5.74) is 5.72. The molecular formula is C49H51ClF2N10O5. The van der Waals surface area contributed by atoms with E-state index in [1.165, 1.54) is 19.1 Å². The standard InChI is InChI=1S/C24H22FN5O2.C14H15N3O3.C10H9FN2.CH4.ClH/c1-14-9-19(16-5-6-16)20(21-27-23(32-2)29-28-21)10-18(14)22(31)30-12-24(25,13-30)17-7-3-15(11-26)4-8-17;1-7-5-10(8-3-4-8)11(6-9(7)13(18)19)12-15-14(20-2)17-16-12;11-10(6-13-7-10)9-3-1-8(5-12)2-4-9;;/h3-4,7-10,16H,5-6,12-13H2,1-2H3,(H,27,28,29);5-6,8H,3-4H2,1-2H3,(H,18,19)(H,15,16,17);1-4,13H,6-7H2;1H4;1H. The topological polar surface area (TPSA) is 219 Å². The fraction of sp³-hybridized carbons (Fsp3) is 0.347. The molecule has 4 heterocycles. The van der Waals surface area contributed by atoms with Crippen LogP contribution in [0.1, 0.15) is 110 Å². The Labute approximate surface area is 393 Å². The summed E-state index contributed by atoms with van der Waals surface area (Å²) < 4.78 is 39.1. The van der Waals surface area contributed by atoms with Crippen LogP contribution in [0, 0.1) is 36.5 Å². The molecule has 0 bridgehead atoms. The average Bonchev–Trinajstić information content (AvgIpc) is 4.24. The fourth-order valence-electron chi connectivity index (χ4n) is 8.00. The van der Waals surface area contributed by atoms with Crippen LogP contribution in [0.5, 0.6) is 12.0 Å². The van der Waals surface area contributed by atoms with Gasteiger partial charge in [-0.05, 0) is 121 Å². The molecule has 0 spiro atoms. The molecule has 0 unspecified atom stereocenters. The highest BCUT2D eigenvalue weighted by atomic mass is 35.5. The lowest BCUT2D eigenvalue weighted by molar-refractivity contribution is -0.0231. The smallest absolute Gasteiger partial charge is 0.335 e. The van der Waals surface area contributed by atoms with E-state index < -0.39 is 17.3 Å². The molecule has 4 fully saturated rings. The van der Waals surface area contributed by atoms with Gasteiger partial charge >= 0.3 is 18.0 Å². The zero-order chi connectivity index (χ0) is 46.0. The maximum absolute atomic E-state index is 15.4. The predicted molar refractivity (Wildman–Crippen MR) is 248 cm³/mol.